The minimum atomic E-state index is -0.941. The molecule has 0 aliphatic rings. The van der Waals surface area contributed by atoms with Gasteiger partial charge in [-0.15, -0.1) is 0 Å². The minimum absolute atomic E-state index is 0.207. The van der Waals surface area contributed by atoms with E-state index < -0.39 is 17.6 Å². The number of halogens is 1. The quantitative estimate of drug-likeness (QED) is 0.182. The van der Waals surface area contributed by atoms with E-state index in [2.05, 4.69) is 5.10 Å². The predicted molar refractivity (Wildman–Crippen MR) is 149 cm³/mol. The van der Waals surface area contributed by atoms with E-state index in [1.54, 1.807) is 56.3 Å². The zero-order valence-corrected chi connectivity index (χ0v) is 22.1. The number of aromatic nitrogens is 2. The second kappa shape index (κ2) is 11.0. The third kappa shape index (κ3) is 5.21. The molecular formula is C29H24ClN3O6. The molecule has 198 valence electrons. The van der Waals surface area contributed by atoms with Gasteiger partial charge in [0.25, 0.3) is 5.56 Å². The van der Waals surface area contributed by atoms with Crippen LogP contribution in [0.5, 0.6) is 11.5 Å². The number of carbonyl (C=O) groups excluding carboxylic acids is 1. The van der Waals surface area contributed by atoms with Gasteiger partial charge >= 0.3 is 5.97 Å². The first-order valence-electron chi connectivity index (χ1n) is 12.2. The Hall–Kier alpha value is -4.63. The molecule has 0 spiro atoms. The predicted octanol–water partition coefficient (Wildman–Crippen LogP) is 5.68. The van der Waals surface area contributed by atoms with E-state index in [0.29, 0.717) is 32.8 Å². The number of nitrogens with zero attached hydrogens (tertiary/aromatic N) is 3. The fraction of sp³-hybridized carbons (Fsp3) is 0.172. The lowest BCUT2D eigenvalue weighted by molar-refractivity contribution is -0.150. The highest BCUT2D eigenvalue weighted by atomic mass is 35.5. The first kappa shape index (κ1) is 26.0. The summed E-state index contributed by atoms with van der Waals surface area (Å²) in [7, 11) is 1.45. The molecule has 3 aromatic carbocycles. The number of fused-ring (bicyclic) bond motifs is 2. The maximum absolute atomic E-state index is 13.6. The van der Waals surface area contributed by atoms with E-state index in [4.69, 9.17) is 35.2 Å². The smallest absolute Gasteiger partial charge is 0.347 e. The molecule has 0 aliphatic carbocycles. The number of ether oxygens (including phenoxy) is 3. The molecule has 10 heteroatoms. The van der Waals surface area contributed by atoms with E-state index in [-0.39, 0.29) is 23.9 Å². The molecule has 0 saturated heterocycles. The highest BCUT2D eigenvalue weighted by molar-refractivity contribution is 6.31. The second-order valence-electron chi connectivity index (χ2n) is 8.50. The van der Waals surface area contributed by atoms with Crippen LogP contribution in [-0.4, -0.2) is 41.7 Å². The van der Waals surface area contributed by atoms with Gasteiger partial charge in [-0.1, -0.05) is 41.9 Å². The van der Waals surface area contributed by atoms with Crippen LogP contribution in [0.3, 0.4) is 0 Å². The van der Waals surface area contributed by atoms with Crippen molar-refractivity contribution >= 4 is 45.7 Å². The van der Waals surface area contributed by atoms with Gasteiger partial charge in [0.2, 0.25) is 5.82 Å². The van der Waals surface area contributed by atoms with Gasteiger partial charge in [-0.2, -0.15) is 9.78 Å². The van der Waals surface area contributed by atoms with Crippen molar-refractivity contribution in [3.63, 3.8) is 0 Å². The molecular weight excluding hydrogens is 522 g/mol. The standard InChI is InChI=1S/C29H24ClN3O6/c1-4-37-29(35)17(2)38-26-19(13-20(30)15-24(26)36-3)16-31-33-27(25-14-18-9-5-8-12-23(18)39-25)32-22-11-7-6-10-21(22)28(33)34/h5-17H,4H2,1-3H3/t17-/m1/s1. The first-order valence-corrected chi connectivity index (χ1v) is 12.5. The van der Waals surface area contributed by atoms with Gasteiger partial charge in [0, 0.05) is 22.0 Å². The molecule has 2 aromatic heterocycles. The number of rotatable bonds is 8. The molecule has 0 N–H and O–H groups in total. The second-order valence-corrected chi connectivity index (χ2v) is 8.94. The minimum Gasteiger partial charge on any atom is -0.493 e. The summed E-state index contributed by atoms with van der Waals surface area (Å²) >= 11 is 6.33. The molecule has 0 fully saturated rings. The van der Waals surface area contributed by atoms with Crippen molar-refractivity contribution in [1.29, 1.82) is 0 Å². The number of benzene rings is 3. The van der Waals surface area contributed by atoms with Crippen LogP contribution in [0.4, 0.5) is 0 Å². The Balaban J connectivity index is 1.66. The van der Waals surface area contributed by atoms with E-state index in [1.807, 2.05) is 24.3 Å². The van der Waals surface area contributed by atoms with Crippen LogP contribution in [-0.2, 0) is 9.53 Å². The Labute approximate surface area is 228 Å². The molecule has 0 amide bonds. The Bertz CT molecular complexity index is 1740. The van der Waals surface area contributed by atoms with Crippen LogP contribution in [0.2, 0.25) is 5.02 Å². The Morgan fingerprint density at radius 1 is 1.15 bits per heavy atom. The van der Waals surface area contributed by atoms with Crippen molar-refractivity contribution in [2.45, 2.75) is 20.0 Å². The number of hydrogen-bond donors (Lipinski definition) is 0. The summed E-state index contributed by atoms with van der Waals surface area (Å²) in [5.74, 6) is 0.522. The van der Waals surface area contributed by atoms with Gasteiger partial charge in [0.15, 0.2) is 23.4 Å². The molecule has 5 rings (SSSR count). The largest absolute Gasteiger partial charge is 0.493 e. The lowest BCUT2D eigenvalue weighted by Gasteiger charge is -2.18. The summed E-state index contributed by atoms with van der Waals surface area (Å²) in [5.41, 5.74) is 1.12. The van der Waals surface area contributed by atoms with Gasteiger partial charge in [0.1, 0.15) is 5.58 Å². The monoisotopic (exact) mass is 545 g/mol. The van der Waals surface area contributed by atoms with E-state index >= 15 is 0 Å². The SMILES string of the molecule is CCOC(=O)[C@@H](C)Oc1c(C=Nn2c(-c3cc4ccccc4o3)nc3ccccc3c2=O)cc(Cl)cc1OC. The Morgan fingerprint density at radius 3 is 2.69 bits per heavy atom. The summed E-state index contributed by atoms with van der Waals surface area (Å²) in [6.45, 7) is 3.48. The van der Waals surface area contributed by atoms with E-state index in [1.165, 1.54) is 13.3 Å². The van der Waals surface area contributed by atoms with Crippen molar-refractivity contribution in [1.82, 2.24) is 9.66 Å². The van der Waals surface area contributed by atoms with Gasteiger partial charge in [-0.3, -0.25) is 4.79 Å². The molecule has 0 radical (unpaired) electrons. The van der Waals surface area contributed by atoms with Gasteiger partial charge in [-0.25, -0.2) is 9.78 Å². The average Bonchev–Trinajstić information content (AvgIpc) is 3.37. The van der Waals surface area contributed by atoms with Crippen LogP contribution in [0.15, 0.2) is 81.0 Å². The number of esters is 1. The van der Waals surface area contributed by atoms with E-state index in [0.717, 1.165) is 10.1 Å². The van der Waals surface area contributed by atoms with Gasteiger partial charge in [-0.05, 0) is 44.2 Å². The molecule has 0 unspecified atom stereocenters. The molecule has 2 heterocycles. The third-order valence-electron chi connectivity index (χ3n) is 5.89. The molecule has 5 aromatic rings. The molecule has 0 saturated carbocycles. The van der Waals surface area contributed by atoms with Crippen molar-refractivity contribution in [2.24, 2.45) is 5.10 Å². The molecule has 1 atom stereocenters. The van der Waals surface area contributed by atoms with E-state index in [9.17, 15) is 9.59 Å². The van der Waals surface area contributed by atoms with Gasteiger partial charge < -0.3 is 18.6 Å². The van der Waals surface area contributed by atoms with Crippen LogP contribution in [0, 0.1) is 0 Å². The summed E-state index contributed by atoms with van der Waals surface area (Å²) < 4.78 is 23.6. The maximum atomic E-state index is 13.6. The Kier molecular flexibility index (Phi) is 7.33. The van der Waals surface area contributed by atoms with Crippen LogP contribution in [0.25, 0.3) is 33.5 Å². The zero-order valence-electron chi connectivity index (χ0n) is 21.4. The molecule has 0 bridgehead atoms. The summed E-state index contributed by atoms with van der Waals surface area (Å²) in [6, 6.07) is 19.4. The molecule has 0 aliphatic heterocycles. The number of methoxy groups -OCH3 is 1. The normalized spacial score (nSPS) is 12.2. The Morgan fingerprint density at radius 2 is 1.92 bits per heavy atom. The molecule has 9 nitrogen and oxygen atoms in total. The van der Waals surface area contributed by atoms with Crippen molar-refractivity contribution in [2.75, 3.05) is 13.7 Å². The third-order valence-corrected chi connectivity index (χ3v) is 6.11. The summed E-state index contributed by atoms with van der Waals surface area (Å²) in [6.07, 6.45) is 0.453. The fourth-order valence-corrected chi connectivity index (χ4v) is 4.27. The lowest BCUT2D eigenvalue weighted by Crippen LogP contribution is -2.26. The van der Waals surface area contributed by atoms with Crippen LogP contribution >= 0.6 is 11.6 Å². The first-order chi connectivity index (χ1) is 18.9. The highest BCUT2D eigenvalue weighted by Crippen LogP contribution is 2.35. The van der Waals surface area contributed by atoms with Crippen molar-refractivity contribution in [3.05, 3.63) is 87.7 Å². The van der Waals surface area contributed by atoms with Crippen molar-refractivity contribution < 1.29 is 23.4 Å². The lowest BCUT2D eigenvalue weighted by atomic mass is 10.2. The summed E-state index contributed by atoms with van der Waals surface area (Å²) in [4.78, 5) is 30.5. The molecule has 39 heavy (non-hydrogen) atoms. The number of para-hydroxylation sites is 2. The highest BCUT2D eigenvalue weighted by Gasteiger charge is 2.22. The van der Waals surface area contributed by atoms with Crippen molar-refractivity contribution in [3.8, 4) is 23.1 Å². The summed E-state index contributed by atoms with van der Waals surface area (Å²) in [5, 5.41) is 6.06. The topological polar surface area (TPSA) is 105 Å². The number of hydrogen-bond acceptors (Lipinski definition) is 8. The van der Waals surface area contributed by atoms with Crippen LogP contribution < -0.4 is 15.0 Å². The van der Waals surface area contributed by atoms with Gasteiger partial charge in [0.05, 0.1) is 30.8 Å². The fourth-order valence-electron chi connectivity index (χ4n) is 4.05. The zero-order chi connectivity index (χ0) is 27.5. The maximum Gasteiger partial charge on any atom is 0.347 e. The number of furan rings is 1. The van der Waals surface area contributed by atoms with Crippen LogP contribution in [0.1, 0.15) is 19.4 Å². The number of carbonyl (C=O) groups is 1. The average molecular weight is 546 g/mol.